The summed E-state index contributed by atoms with van der Waals surface area (Å²) in [5, 5.41) is 0. The topological polar surface area (TPSA) is 54.0 Å². The van der Waals surface area contributed by atoms with E-state index in [1.54, 1.807) is 38.5 Å². The number of carbonyl (C=O) groups is 1. The molecule has 0 saturated heterocycles. The number of allylic oxidation sites excluding steroid dienone is 1. The molecule has 0 saturated carbocycles. The minimum atomic E-state index is -0.145. The Balaban J connectivity index is 1.58. The highest BCUT2D eigenvalue weighted by atomic mass is 16.5. The van der Waals surface area contributed by atoms with Crippen molar-refractivity contribution in [3.63, 3.8) is 0 Å². The second kappa shape index (κ2) is 8.79. The van der Waals surface area contributed by atoms with Crippen molar-refractivity contribution in [2.24, 2.45) is 0 Å². The Bertz CT molecular complexity index is 1220. The third kappa shape index (κ3) is 4.19. The van der Waals surface area contributed by atoms with Crippen molar-refractivity contribution in [3.8, 4) is 23.0 Å². The van der Waals surface area contributed by atoms with Crippen LogP contribution in [0.1, 0.15) is 38.2 Å². The number of rotatable bonds is 6. The van der Waals surface area contributed by atoms with Gasteiger partial charge in [-0.1, -0.05) is 29.8 Å². The van der Waals surface area contributed by atoms with Crippen molar-refractivity contribution in [3.05, 3.63) is 87.7 Å². The Morgan fingerprint density at radius 3 is 2.41 bits per heavy atom. The summed E-state index contributed by atoms with van der Waals surface area (Å²) < 4.78 is 22.6. The molecule has 0 bridgehead atoms. The lowest BCUT2D eigenvalue weighted by Crippen LogP contribution is -2.01. The van der Waals surface area contributed by atoms with Gasteiger partial charge in [0.2, 0.25) is 5.78 Å². The molecule has 0 atom stereocenters. The fraction of sp³-hybridized carbons (Fsp3) is 0.222. The largest absolute Gasteiger partial charge is 0.493 e. The average molecular weight is 431 g/mol. The molecule has 0 spiro atoms. The highest BCUT2D eigenvalue weighted by Gasteiger charge is 2.30. The Hall–Kier alpha value is -3.73. The predicted molar refractivity (Wildman–Crippen MR) is 124 cm³/mol. The van der Waals surface area contributed by atoms with Crippen molar-refractivity contribution in [1.29, 1.82) is 0 Å². The summed E-state index contributed by atoms with van der Waals surface area (Å²) in [5.74, 6) is 2.51. The molecule has 3 aromatic rings. The van der Waals surface area contributed by atoms with Crippen LogP contribution in [0, 0.1) is 20.8 Å². The van der Waals surface area contributed by atoms with E-state index in [2.05, 4.69) is 32.0 Å². The van der Waals surface area contributed by atoms with Crippen LogP contribution < -0.4 is 18.9 Å². The van der Waals surface area contributed by atoms with E-state index in [4.69, 9.17) is 18.9 Å². The zero-order chi connectivity index (χ0) is 22.8. The number of hydrogen-bond donors (Lipinski definition) is 0. The number of ether oxygens (including phenoxy) is 4. The molecule has 0 N–H and O–H groups in total. The van der Waals surface area contributed by atoms with Gasteiger partial charge in [-0.2, -0.15) is 0 Å². The Labute approximate surface area is 188 Å². The number of methoxy groups -OCH3 is 2. The monoisotopic (exact) mass is 430 g/mol. The van der Waals surface area contributed by atoms with Crippen LogP contribution in [0.25, 0.3) is 6.08 Å². The Morgan fingerprint density at radius 1 is 0.875 bits per heavy atom. The summed E-state index contributed by atoms with van der Waals surface area (Å²) in [6, 6.07) is 15.4. The van der Waals surface area contributed by atoms with Crippen LogP contribution in [-0.4, -0.2) is 20.0 Å². The highest BCUT2D eigenvalue weighted by Crippen LogP contribution is 2.38. The average Bonchev–Trinajstić information content (AvgIpc) is 3.09. The fourth-order valence-electron chi connectivity index (χ4n) is 3.77. The number of fused-ring (bicyclic) bond motifs is 1. The Morgan fingerprint density at radius 2 is 1.66 bits per heavy atom. The normalized spacial score (nSPS) is 13.7. The molecule has 4 rings (SSSR count). The van der Waals surface area contributed by atoms with Crippen molar-refractivity contribution in [2.75, 3.05) is 14.2 Å². The molecule has 0 fully saturated rings. The molecule has 1 aliphatic rings. The minimum Gasteiger partial charge on any atom is -0.493 e. The summed E-state index contributed by atoms with van der Waals surface area (Å²) in [6.45, 7) is 6.48. The molecule has 1 aliphatic heterocycles. The van der Waals surface area contributed by atoms with Gasteiger partial charge >= 0.3 is 0 Å². The summed E-state index contributed by atoms with van der Waals surface area (Å²) in [5.41, 5.74) is 5.67. The van der Waals surface area contributed by atoms with Crippen molar-refractivity contribution < 1.29 is 23.7 Å². The van der Waals surface area contributed by atoms with E-state index in [9.17, 15) is 4.79 Å². The molecular weight excluding hydrogens is 404 g/mol. The number of Topliss-reactive ketones (excluding diaryl/α,β-unsaturated/α-hetero) is 1. The number of benzene rings is 3. The molecular formula is C27H26O5. The maximum atomic E-state index is 13.0. The van der Waals surface area contributed by atoms with Gasteiger partial charge in [-0.25, -0.2) is 0 Å². The van der Waals surface area contributed by atoms with Crippen molar-refractivity contribution >= 4 is 11.9 Å². The fourth-order valence-corrected chi connectivity index (χ4v) is 3.77. The maximum absolute atomic E-state index is 13.0. The number of ketones is 1. The van der Waals surface area contributed by atoms with Crippen LogP contribution in [0.4, 0.5) is 0 Å². The van der Waals surface area contributed by atoms with Gasteiger partial charge < -0.3 is 18.9 Å². The summed E-state index contributed by atoms with van der Waals surface area (Å²) in [7, 11) is 3.16. The maximum Gasteiger partial charge on any atom is 0.232 e. The van der Waals surface area contributed by atoms with Crippen molar-refractivity contribution in [1.82, 2.24) is 0 Å². The van der Waals surface area contributed by atoms with Crippen molar-refractivity contribution in [2.45, 2.75) is 27.4 Å². The first-order valence-electron chi connectivity index (χ1n) is 10.4. The highest BCUT2D eigenvalue weighted by molar-refractivity contribution is 6.15. The lowest BCUT2D eigenvalue weighted by molar-refractivity contribution is 0.101. The second-order valence-electron chi connectivity index (χ2n) is 7.89. The first-order valence-corrected chi connectivity index (χ1v) is 10.4. The first-order chi connectivity index (χ1) is 15.4. The van der Waals surface area contributed by atoms with E-state index in [0.717, 1.165) is 16.7 Å². The van der Waals surface area contributed by atoms with E-state index in [-0.39, 0.29) is 11.5 Å². The van der Waals surface area contributed by atoms with Crippen LogP contribution in [0.2, 0.25) is 0 Å². The molecule has 0 radical (unpaired) electrons. The lowest BCUT2D eigenvalue weighted by Gasteiger charge is -2.11. The third-order valence-corrected chi connectivity index (χ3v) is 5.55. The molecule has 0 amide bonds. The molecule has 0 aliphatic carbocycles. The number of hydrogen-bond acceptors (Lipinski definition) is 5. The predicted octanol–water partition coefficient (Wildman–Crippen LogP) is 5.82. The van der Waals surface area contributed by atoms with E-state index >= 15 is 0 Å². The van der Waals surface area contributed by atoms with Gasteiger partial charge in [-0.3, -0.25) is 4.79 Å². The van der Waals surface area contributed by atoms with Crippen LogP contribution >= 0.6 is 0 Å². The zero-order valence-electron chi connectivity index (χ0n) is 18.9. The molecule has 0 aromatic heterocycles. The van der Waals surface area contributed by atoms with E-state index in [0.29, 0.717) is 35.2 Å². The molecule has 1 heterocycles. The van der Waals surface area contributed by atoms with Crippen LogP contribution in [0.15, 0.2) is 54.3 Å². The quantitative estimate of drug-likeness (QED) is 0.461. The Kier molecular flexibility index (Phi) is 5.91. The molecule has 5 heteroatoms. The molecule has 0 unspecified atom stereocenters. The first kappa shape index (κ1) is 21.5. The lowest BCUT2D eigenvalue weighted by atomic mass is 10.0. The minimum absolute atomic E-state index is 0.145. The van der Waals surface area contributed by atoms with Gasteiger partial charge in [-0.05, 0) is 67.3 Å². The summed E-state index contributed by atoms with van der Waals surface area (Å²) in [6.07, 6.45) is 1.71. The molecule has 164 valence electrons. The zero-order valence-corrected chi connectivity index (χ0v) is 18.9. The van der Waals surface area contributed by atoms with Gasteiger partial charge in [0.25, 0.3) is 0 Å². The number of aryl methyl sites for hydroxylation is 3. The van der Waals surface area contributed by atoms with E-state index < -0.39 is 0 Å². The standard InChI is InChI=1S/C27H26O5/c1-16-6-7-17(2)20(10-16)15-31-21-11-18(3)26-24(14-21)32-25(27(26)28)13-19-8-9-22(29-4)23(12-19)30-5/h6-14H,15H2,1-5H3/b25-13-. The van der Waals surface area contributed by atoms with E-state index in [1.165, 1.54) is 11.1 Å². The van der Waals surface area contributed by atoms with Gasteiger partial charge in [0.1, 0.15) is 18.1 Å². The molecule has 3 aromatic carbocycles. The number of carbonyl (C=O) groups excluding carboxylic acids is 1. The summed E-state index contributed by atoms with van der Waals surface area (Å²) in [4.78, 5) is 13.0. The molecule has 5 nitrogen and oxygen atoms in total. The second-order valence-corrected chi connectivity index (χ2v) is 7.89. The third-order valence-electron chi connectivity index (χ3n) is 5.55. The SMILES string of the molecule is COc1ccc(/C=C2\Oc3cc(OCc4cc(C)ccc4C)cc(C)c3C2=O)cc1OC. The summed E-state index contributed by atoms with van der Waals surface area (Å²) >= 11 is 0. The van der Waals surface area contributed by atoms with Gasteiger partial charge in [0, 0.05) is 6.07 Å². The van der Waals surface area contributed by atoms with E-state index in [1.807, 2.05) is 19.1 Å². The van der Waals surface area contributed by atoms with Crippen LogP contribution in [0.3, 0.4) is 0 Å². The molecule has 32 heavy (non-hydrogen) atoms. The van der Waals surface area contributed by atoms with Crippen LogP contribution in [-0.2, 0) is 6.61 Å². The van der Waals surface area contributed by atoms with Gasteiger partial charge in [0.15, 0.2) is 17.3 Å². The smallest absolute Gasteiger partial charge is 0.232 e. The van der Waals surface area contributed by atoms with Crippen LogP contribution in [0.5, 0.6) is 23.0 Å². The van der Waals surface area contributed by atoms with Gasteiger partial charge in [0.05, 0.1) is 19.8 Å². The van der Waals surface area contributed by atoms with Gasteiger partial charge in [-0.15, -0.1) is 0 Å².